The number of esters is 2. The summed E-state index contributed by atoms with van der Waals surface area (Å²) in [6.07, 6.45) is 4.74. The lowest BCUT2D eigenvalue weighted by Gasteiger charge is -2.08. The van der Waals surface area contributed by atoms with Crippen LogP contribution in [0, 0.1) is 0 Å². The average Bonchev–Trinajstić information content (AvgIpc) is 2.67. The Morgan fingerprint density at radius 1 is 0.769 bits per heavy atom. The van der Waals surface area contributed by atoms with Crippen LogP contribution in [0.25, 0.3) is 0 Å². The molecule has 0 saturated carbocycles. The molecule has 0 saturated heterocycles. The Balaban J connectivity index is 1.85. The number of hydrogen-bond acceptors (Lipinski definition) is 6. The first-order valence-electron chi connectivity index (χ1n) is 9.27. The topological polar surface area (TPSA) is 71.1 Å². The molecule has 6 nitrogen and oxygen atoms in total. The molecule has 0 unspecified atom stereocenters. The third-order valence-electron chi connectivity index (χ3n) is 3.57. The van der Waals surface area contributed by atoms with Crippen LogP contribution < -0.4 is 0 Å². The van der Waals surface area contributed by atoms with E-state index in [1.807, 2.05) is 6.07 Å². The van der Waals surface area contributed by atoms with Gasteiger partial charge in [-0.2, -0.15) is 0 Å². The van der Waals surface area contributed by atoms with E-state index in [0.29, 0.717) is 38.4 Å². The van der Waals surface area contributed by atoms with E-state index in [1.54, 1.807) is 24.3 Å². The van der Waals surface area contributed by atoms with Crippen LogP contribution in [-0.4, -0.2) is 51.6 Å². The summed E-state index contributed by atoms with van der Waals surface area (Å²) in [6.45, 7) is 4.07. The lowest BCUT2D eigenvalue weighted by Crippen LogP contribution is -2.15. The molecule has 146 valence electrons. The van der Waals surface area contributed by atoms with Crippen LogP contribution >= 0.6 is 0 Å². The van der Waals surface area contributed by atoms with Gasteiger partial charge in [0.1, 0.15) is 13.2 Å². The average molecular weight is 366 g/mol. The second-order valence-electron chi connectivity index (χ2n) is 5.76. The monoisotopic (exact) mass is 366 g/mol. The fraction of sp³-hybridized carbons (Fsp3) is 0.600. The summed E-state index contributed by atoms with van der Waals surface area (Å²) in [4.78, 5) is 23.1. The summed E-state index contributed by atoms with van der Waals surface area (Å²) in [6, 6.07) is 8.82. The summed E-state index contributed by atoms with van der Waals surface area (Å²) in [5.74, 6) is -0.525. The van der Waals surface area contributed by atoms with Gasteiger partial charge >= 0.3 is 11.9 Å². The van der Waals surface area contributed by atoms with Crippen LogP contribution in [0.1, 0.15) is 49.4 Å². The normalized spacial score (nSPS) is 10.5. The van der Waals surface area contributed by atoms with Crippen molar-refractivity contribution < 1.29 is 28.5 Å². The second kappa shape index (κ2) is 15.3. The smallest absolute Gasteiger partial charge is 0.338 e. The Hall–Kier alpha value is -1.92. The van der Waals surface area contributed by atoms with Gasteiger partial charge in [0, 0.05) is 6.42 Å². The van der Waals surface area contributed by atoms with Crippen LogP contribution in [0.4, 0.5) is 0 Å². The van der Waals surface area contributed by atoms with Crippen molar-refractivity contribution in [3.63, 3.8) is 0 Å². The van der Waals surface area contributed by atoms with Crippen LogP contribution in [0.3, 0.4) is 0 Å². The van der Waals surface area contributed by atoms with Gasteiger partial charge in [-0.1, -0.05) is 44.4 Å². The Morgan fingerprint density at radius 2 is 1.38 bits per heavy atom. The highest BCUT2D eigenvalue weighted by atomic mass is 16.6. The minimum atomic E-state index is -0.359. The zero-order chi connectivity index (χ0) is 18.9. The van der Waals surface area contributed by atoms with E-state index in [2.05, 4.69) is 6.92 Å². The number of ether oxygens (including phenoxy) is 4. The van der Waals surface area contributed by atoms with Crippen LogP contribution in [0.2, 0.25) is 0 Å². The first-order valence-corrected chi connectivity index (χ1v) is 9.27. The Morgan fingerprint density at radius 3 is 2.04 bits per heavy atom. The molecule has 6 heteroatoms. The quantitative estimate of drug-likeness (QED) is 0.350. The molecule has 0 aliphatic heterocycles. The molecule has 0 atom stereocenters. The van der Waals surface area contributed by atoms with E-state index in [1.165, 1.54) is 0 Å². The van der Waals surface area contributed by atoms with Crippen molar-refractivity contribution in [2.45, 2.75) is 39.0 Å². The summed E-state index contributed by atoms with van der Waals surface area (Å²) in [5, 5.41) is 0. The molecule has 0 aliphatic rings. The van der Waals surface area contributed by atoms with Gasteiger partial charge in [-0.25, -0.2) is 4.79 Å². The van der Waals surface area contributed by atoms with Crippen molar-refractivity contribution in [3.8, 4) is 0 Å². The van der Waals surface area contributed by atoms with Gasteiger partial charge in [-0.05, 0) is 18.6 Å². The fourth-order valence-corrected chi connectivity index (χ4v) is 2.16. The zero-order valence-corrected chi connectivity index (χ0v) is 15.6. The predicted octanol–water partition coefficient (Wildman–Crippen LogP) is 3.39. The van der Waals surface area contributed by atoms with E-state index >= 15 is 0 Å². The van der Waals surface area contributed by atoms with Crippen molar-refractivity contribution in [1.29, 1.82) is 0 Å². The highest BCUT2D eigenvalue weighted by Crippen LogP contribution is 2.03. The third kappa shape index (κ3) is 11.6. The molecule has 0 bridgehead atoms. The molecular weight excluding hydrogens is 336 g/mol. The molecule has 1 rings (SSSR count). The molecule has 0 aliphatic carbocycles. The molecule has 0 aromatic heterocycles. The largest absolute Gasteiger partial charge is 0.463 e. The van der Waals surface area contributed by atoms with Crippen molar-refractivity contribution >= 4 is 11.9 Å². The number of rotatable bonds is 15. The summed E-state index contributed by atoms with van der Waals surface area (Å²) in [7, 11) is 0. The second-order valence-corrected chi connectivity index (χ2v) is 5.76. The molecule has 26 heavy (non-hydrogen) atoms. The number of unbranched alkanes of at least 4 members (excludes halogenated alkanes) is 3. The summed E-state index contributed by atoms with van der Waals surface area (Å²) < 4.78 is 20.8. The molecule has 0 radical (unpaired) electrons. The first kappa shape index (κ1) is 22.1. The van der Waals surface area contributed by atoms with E-state index in [0.717, 1.165) is 25.7 Å². The minimum Gasteiger partial charge on any atom is -0.463 e. The summed E-state index contributed by atoms with van der Waals surface area (Å²) >= 11 is 0. The minimum absolute atomic E-state index is 0.166. The van der Waals surface area contributed by atoms with Gasteiger partial charge < -0.3 is 18.9 Å². The highest BCUT2D eigenvalue weighted by Gasteiger charge is 2.05. The number of carbonyl (C=O) groups is 2. The van der Waals surface area contributed by atoms with Gasteiger partial charge in [-0.15, -0.1) is 0 Å². The Bertz CT molecular complexity index is 488. The molecule has 1 aromatic rings. The van der Waals surface area contributed by atoms with Crippen LogP contribution in [0.15, 0.2) is 30.3 Å². The maximum Gasteiger partial charge on any atom is 0.338 e. The highest BCUT2D eigenvalue weighted by molar-refractivity contribution is 5.89. The maximum absolute atomic E-state index is 11.7. The van der Waals surface area contributed by atoms with Gasteiger partial charge in [0.25, 0.3) is 0 Å². The fourth-order valence-electron chi connectivity index (χ4n) is 2.16. The SMILES string of the molecule is CCCCCCC(=O)OCCOCCOCCOC(=O)c1ccccc1. The van der Waals surface area contributed by atoms with Crippen molar-refractivity contribution in [3.05, 3.63) is 35.9 Å². The lowest BCUT2D eigenvalue weighted by molar-refractivity contribution is -0.145. The maximum atomic E-state index is 11.7. The van der Waals surface area contributed by atoms with Gasteiger partial charge in [-0.3, -0.25) is 4.79 Å². The van der Waals surface area contributed by atoms with Gasteiger partial charge in [0.05, 0.1) is 32.0 Å². The molecule has 1 aromatic carbocycles. The Kier molecular flexibility index (Phi) is 13.1. The van der Waals surface area contributed by atoms with E-state index < -0.39 is 0 Å². The summed E-state index contributed by atoms with van der Waals surface area (Å²) in [5.41, 5.74) is 0.524. The van der Waals surface area contributed by atoms with E-state index in [9.17, 15) is 9.59 Å². The van der Waals surface area contributed by atoms with Crippen LogP contribution in [-0.2, 0) is 23.7 Å². The molecule has 0 spiro atoms. The molecule has 0 N–H and O–H groups in total. The molecule has 0 fully saturated rings. The molecule has 0 amide bonds. The third-order valence-corrected chi connectivity index (χ3v) is 3.57. The molecule has 0 heterocycles. The van der Waals surface area contributed by atoms with Crippen molar-refractivity contribution in [2.24, 2.45) is 0 Å². The Labute approximate surface area is 155 Å². The molecular formula is C20H30O6. The zero-order valence-electron chi connectivity index (χ0n) is 15.6. The number of benzene rings is 1. The van der Waals surface area contributed by atoms with E-state index in [-0.39, 0.29) is 25.2 Å². The van der Waals surface area contributed by atoms with E-state index in [4.69, 9.17) is 18.9 Å². The standard InChI is InChI=1S/C20H30O6/c1-2-3-4-8-11-19(21)25-16-14-23-12-13-24-15-17-26-20(22)18-9-6-5-7-10-18/h5-7,9-10H,2-4,8,11-17H2,1H3. The predicted molar refractivity (Wildman–Crippen MR) is 98.1 cm³/mol. The number of hydrogen-bond donors (Lipinski definition) is 0. The van der Waals surface area contributed by atoms with Crippen molar-refractivity contribution in [2.75, 3.05) is 39.6 Å². The first-order chi connectivity index (χ1) is 12.7. The number of carbonyl (C=O) groups excluding carboxylic acids is 2. The van der Waals surface area contributed by atoms with Crippen LogP contribution in [0.5, 0.6) is 0 Å². The van der Waals surface area contributed by atoms with Gasteiger partial charge in [0.2, 0.25) is 0 Å². The lowest BCUT2D eigenvalue weighted by atomic mass is 10.2. The van der Waals surface area contributed by atoms with Crippen molar-refractivity contribution in [1.82, 2.24) is 0 Å². The van der Waals surface area contributed by atoms with Gasteiger partial charge in [0.15, 0.2) is 0 Å².